The molecular formula is C31H30ClN3O5. The second-order valence-corrected chi connectivity index (χ2v) is 11.4. The molecule has 0 fully saturated rings. The second kappa shape index (κ2) is 9.87. The number of amides is 2. The summed E-state index contributed by atoms with van der Waals surface area (Å²) >= 11 is 6.21. The van der Waals surface area contributed by atoms with Crippen LogP contribution < -0.4 is 0 Å². The molecule has 1 N–H and O–H groups in total. The number of hydrogen-bond acceptors (Lipinski definition) is 5. The summed E-state index contributed by atoms with van der Waals surface area (Å²) in [5.74, 6) is -1.86. The predicted molar refractivity (Wildman–Crippen MR) is 153 cm³/mol. The Kier molecular flexibility index (Phi) is 6.80. The van der Waals surface area contributed by atoms with Crippen LogP contribution in [0.5, 0.6) is 0 Å². The van der Waals surface area contributed by atoms with Gasteiger partial charge in [0.05, 0.1) is 16.7 Å². The highest BCUT2D eigenvalue weighted by molar-refractivity contribution is 6.30. The highest BCUT2D eigenvalue weighted by Gasteiger charge is 2.37. The molecule has 0 radical (unpaired) electrons. The van der Waals surface area contributed by atoms with Gasteiger partial charge in [-0.2, -0.15) is 0 Å². The number of imide groups is 1. The van der Waals surface area contributed by atoms with Gasteiger partial charge in [-0.1, -0.05) is 35.9 Å². The molecule has 1 aliphatic heterocycles. The maximum atomic E-state index is 13.2. The maximum Gasteiger partial charge on any atom is 0.337 e. The van der Waals surface area contributed by atoms with Crippen molar-refractivity contribution in [3.63, 3.8) is 0 Å². The Morgan fingerprint density at radius 1 is 1.00 bits per heavy atom. The Bertz CT molecular complexity index is 1660. The van der Waals surface area contributed by atoms with E-state index < -0.39 is 17.7 Å². The molecule has 4 aromatic rings. The van der Waals surface area contributed by atoms with Gasteiger partial charge in [0.2, 0.25) is 0 Å². The van der Waals surface area contributed by atoms with Crippen LogP contribution in [0.4, 0.5) is 0 Å². The van der Waals surface area contributed by atoms with Crippen molar-refractivity contribution in [2.45, 2.75) is 59.9 Å². The summed E-state index contributed by atoms with van der Waals surface area (Å²) in [7, 11) is 0. The van der Waals surface area contributed by atoms with E-state index in [2.05, 4.69) is 0 Å². The van der Waals surface area contributed by atoms with Gasteiger partial charge in [-0.25, -0.2) is 9.78 Å². The average Bonchev–Trinajstić information content (AvgIpc) is 3.27. The van der Waals surface area contributed by atoms with Gasteiger partial charge in [0.1, 0.15) is 12.3 Å². The van der Waals surface area contributed by atoms with Crippen molar-refractivity contribution in [3.05, 3.63) is 87.2 Å². The first-order valence-electron chi connectivity index (χ1n) is 12.9. The molecule has 0 bridgehead atoms. The number of carbonyl (C=O) groups is 3. The molecular weight excluding hydrogens is 530 g/mol. The number of carboxylic acids is 1. The molecule has 0 saturated carbocycles. The highest BCUT2D eigenvalue weighted by Crippen LogP contribution is 2.42. The summed E-state index contributed by atoms with van der Waals surface area (Å²) in [6.45, 7) is 11.0. The number of ether oxygens (including phenoxy) is 1. The van der Waals surface area contributed by atoms with Gasteiger partial charge in [-0.3, -0.25) is 14.5 Å². The van der Waals surface area contributed by atoms with Crippen LogP contribution in [-0.4, -0.2) is 42.9 Å². The van der Waals surface area contributed by atoms with Crippen LogP contribution >= 0.6 is 11.6 Å². The highest BCUT2D eigenvalue weighted by atomic mass is 35.5. The molecule has 1 atom stereocenters. The molecule has 0 saturated heterocycles. The van der Waals surface area contributed by atoms with Crippen molar-refractivity contribution in [2.24, 2.45) is 0 Å². The molecule has 5 rings (SSSR count). The van der Waals surface area contributed by atoms with E-state index in [0.717, 1.165) is 22.2 Å². The third-order valence-corrected chi connectivity index (χ3v) is 7.49. The summed E-state index contributed by atoms with van der Waals surface area (Å²) in [6, 6.07) is 13.9. The molecule has 0 aliphatic carbocycles. The van der Waals surface area contributed by atoms with Crippen molar-refractivity contribution >= 4 is 40.4 Å². The summed E-state index contributed by atoms with van der Waals surface area (Å²) in [5, 5.41) is 11.6. The smallest absolute Gasteiger partial charge is 0.337 e. The Morgan fingerprint density at radius 3 is 2.10 bits per heavy atom. The largest absolute Gasteiger partial charge is 0.479 e. The Labute approximate surface area is 237 Å². The number of benzene rings is 2. The van der Waals surface area contributed by atoms with Gasteiger partial charge in [0.15, 0.2) is 6.10 Å². The van der Waals surface area contributed by atoms with Crippen LogP contribution in [-0.2, 0) is 16.2 Å². The van der Waals surface area contributed by atoms with E-state index in [0.29, 0.717) is 38.6 Å². The minimum absolute atomic E-state index is 0.0325. The molecule has 2 amide bonds. The van der Waals surface area contributed by atoms with Gasteiger partial charge >= 0.3 is 5.97 Å². The molecule has 1 unspecified atom stereocenters. The average molecular weight is 560 g/mol. The molecule has 9 heteroatoms. The van der Waals surface area contributed by atoms with Crippen LogP contribution in [0.15, 0.2) is 48.5 Å². The molecule has 40 heavy (non-hydrogen) atoms. The molecule has 3 heterocycles. The summed E-state index contributed by atoms with van der Waals surface area (Å²) in [6.07, 6.45) is -1.29. The van der Waals surface area contributed by atoms with Gasteiger partial charge in [-0.05, 0) is 76.9 Å². The summed E-state index contributed by atoms with van der Waals surface area (Å²) in [4.78, 5) is 45.1. The normalized spacial score (nSPS) is 14.2. The van der Waals surface area contributed by atoms with Gasteiger partial charge < -0.3 is 14.4 Å². The first-order valence-corrected chi connectivity index (χ1v) is 13.3. The van der Waals surface area contributed by atoms with Crippen LogP contribution in [0.1, 0.15) is 70.1 Å². The third-order valence-electron chi connectivity index (χ3n) is 7.24. The number of aliphatic carboxylic acids is 1. The van der Waals surface area contributed by atoms with E-state index in [4.69, 9.17) is 21.3 Å². The number of aromatic nitrogens is 2. The zero-order valence-electron chi connectivity index (χ0n) is 23.2. The van der Waals surface area contributed by atoms with Crippen molar-refractivity contribution in [1.29, 1.82) is 0 Å². The topological polar surface area (TPSA) is 102 Å². The van der Waals surface area contributed by atoms with E-state index in [1.54, 1.807) is 64.1 Å². The number of pyridine rings is 1. The molecule has 8 nitrogen and oxygen atoms in total. The monoisotopic (exact) mass is 559 g/mol. The SMILES string of the molecule is Cc1nc2c(c(C)c(C)n2CN2C(=O)c3ccccc3C2=O)c(-c2ccc(Cl)cc2)c1C(OC(C)(C)C)C(=O)O. The van der Waals surface area contributed by atoms with Crippen molar-refractivity contribution < 1.29 is 24.2 Å². The lowest BCUT2D eigenvalue weighted by molar-refractivity contribution is -0.160. The fourth-order valence-electron chi connectivity index (χ4n) is 5.30. The number of fused-ring (bicyclic) bond motifs is 2. The van der Waals surface area contributed by atoms with Crippen LogP contribution in [0.25, 0.3) is 22.2 Å². The van der Waals surface area contributed by atoms with Crippen molar-refractivity contribution in [1.82, 2.24) is 14.5 Å². The number of carbonyl (C=O) groups excluding carboxylic acids is 2. The standard InChI is InChI=1S/C31H30ClN3O5/c1-16-18(3)34(15-35-28(36)21-9-7-8-10-22(21)29(35)37)27-23(16)25(19-11-13-20(32)14-12-19)24(17(2)33-27)26(30(38)39)40-31(4,5)6/h7-14,26H,15H2,1-6H3,(H,38,39). The number of carboxylic acid groups (broad SMARTS) is 1. The zero-order chi connectivity index (χ0) is 29.1. The van der Waals surface area contributed by atoms with Crippen LogP contribution in [0.3, 0.4) is 0 Å². The maximum absolute atomic E-state index is 13.2. The van der Waals surface area contributed by atoms with E-state index in [-0.39, 0.29) is 18.5 Å². The molecule has 206 valence electrons. The Balaban J connectivity index is 1.77. The van der Waals surface area contributed by atoms with E-state index in [9.17, 15) is 19.5 Å². The number of hydrogen-bond donors (Lipinski definition) is 1. The minimum atomic E-state index is -1.29. The fraction of sp³-hybridized carbons (Fsp3) is 0.290. The number of nitrogens with zero attached hydrogens (tertiary/aromatic N) is 3. The quantitative estimate of drug-likeness (QED) is 0.271. The third kappa shape index (κ3) is 4.57. The van der Waals surface area contributed by atoms with E-state index in [1.165, 1.54) is 4.90 Å². The lowest BCUT2D eigenvalue weighted by atomic mass is 9.91. The molecule has 0 spiro atoms. The zero-order valence-corrected chi connectivity index (χ0v) is 24.0. The van der Waals surface area contributed by atoms with Crippen LogP contribution in [0, 0.1) is 20.8 Å². The summed E-state index contributed by atoms with van der Waals surface area (Å²) in [5.41, 5.74) is 4.51. The molecule has 2 aromatic heterocycles. The minimum Gasteiger partial charge on any atom is -0.479 e. The Morgan fingerprint density at radius 2 is 1.57 bits per heavy atom. The fourth-order valence-corrected chi connectivity index (χ4v) is 5.43. The van der Waals surface area contributed by atoms with Crippen molar-refractivity contribution in [2.75, 3.05) is 0 Å². The first-order chi connectivity index (χ1) is 18.8. The molecule has 2 aromatic carbocycles. The lowest BCUT2D eigenvalue weighted by Crippen LogP contribution is -2.32. The number of aryl methyl sites for hydroxylation is 2. The number of halogens is 1. The Hall–Kier alpha value is -4.01. The lowest BCUT2D eigenvalue weighted by Gasteiger charge is -2.28. The van der Waals surface area contributed by atoms with Gasteiger partial charge in [-0.15, -0.1) is 0 Å². The molecule has 1 aliphatic rings. The number of rotatable bonds is 6. The van der Waals surface area contributed by atoms with Gasteiger partial charge in [0, 0.05) is 32.9 Å². The van der Waals surface area contributed by atoms with Gasteiger partial charge in [0.25, 0.3) is 11.8 Å². The van der Waals surface area contributed by atoms with E-state index >= 15 is 0 Å². The van der Waals surface area contributed by atoms with Crippen LogP contribution in [0.2, 0.25) is 5.02 Å². The predicted octanol–water partition coefficient (Wildman–Crippen LogP) is 6.48. The van der Waals surface area contributed by atoms with Crippen molar-refractivity contribution in [3.8, 4) is 11.1 Å². The van der Waals surface area contributed by atoms with E-state index in [1.807, 2.05) is 30.5 Å². The summed E-state index contributed by atoms with van der Waals surface area (Å²) < 4.78 is 7.92. The first kappa shape index (κ1) is 27.6. The second-order valence-electron chi connectivity index (χ2n) is 11.0.